The van der Waals surface area contributed by atoms with Crippen molar-refractivity contribution in [3.63, 3.8) is 0 Å². The van der Waals surface area contributed by atoms with Gasteiger partial charge in [-0.3, -0.25) is 4.79 Å². The Bertz CT molecular complexity index is 420. The lowest BCUT2D eigenvalue weighted by Crippen LogP contribution is -2.38. The number of nitrogens with zero attached hydrogens (tertiary/aromatic N) is 3. The fourth-order valence-corrected chi connectivity index (χ4v) is 2.45. The zero-order valence-corrected chi connectivity index (χ0v) is 12.0. The second-order valence-electron chi connectivity index (χ2n) is 5.31. The van der Waals surface area contributed by atoms with Crippen LogP contribution in [0.25, 0.3) is 0 Å². The van der Waals surface area contributed by atoms with Gasteiger partial charge in [-0.05, 0) is 13.3 Å². The summed E-state index contributed by atoms with van der Waals surface area (Å²) in [6, 6.07) is -0.196. The van der Waals surface area contributed by atoms with E-state index in [1.807, 2.05) is 22.6 Å². The predicted octanol–water partition coefficient (Wildman–Crippen LogP) is 1.82. The number of hydrogen-bond acceptors (Lipinski definition) is 3. The summed E-state index contributed by atoms with van der Waals surface area (Å²) in [7, 11) is 0. The van der Waals surface area contributed by atoms with E-state index in [4.69, 9.17) is 4.74 Å². The third kappa shape index (κ3) is 3.15. The third-order valence-electron chi connectivity index (χ3n) is 3.52. The SMILES string of the molecule is CC(C)c1nccn1[C@H](C)C(=O)N1CCCOCC1. The number of amides is 1. The highest BCUT2D eigenvalue weighted by Crippen LogP contribution is 2.19. The predicted molar refractivity (Wildman–Crippen MR) is 73.0 cm³/mol. The minimum Gasteiger partial charge on any atom is -0.380 e. The van der Waals surface area contributed by atoms with Gasteiger partial charge < -0.3 is 14.2 Å². The van der Waals surface area contributed by atoms with Crippen molar-refractivity contribution < 1.29 is 9.53 Å². The Kier molecular flexibility index (Phi) is 4.58. The molecule has 0 N–H and O–H groups in total. The molecule has 1 fully saturated rings. The fraction of sp³-hybridized carbons (Fsp3) is 0.714. The van der Waals surface area contributed by atoms with Crippen LogP contribution in [0.15, 0.2) is 12.4 Å². The van der Waals surface area contributed by atoms with E-state index >= 15 is 0 Å². The Morgan fingerprint density at radius 3 is 2.84 bits per heavy atom. The van der Waals surface area contributed by atoms with Gasteiger partial charge in [0.1, 0.15) is 11.9 Å². The number of ether oxygens (including phenoxy) is 1. The summed E-state index contributed by atoms with van der Waals surface area (Å²) in [6.45, 7) is 9.00. The molecule has 0 bridgehead atoms. The van der Waals surface area contributed by atoms with Crippen molar-refractivity contribution in [2.24, 2.45) is 0 Å². The summed E-state index contributed by atoms with van der Waals surface area (Å²) in [4.78, 5) is 18.8. The molecule has 1 saturated heterocycles. The van der Waals surface area contributed by atoms with E-state index in [-0.39, 0.29) is 11.9 Å². The van der Waals surface area contributed by atoms with Gasteiger partial charge in [-0.25, -0.2) is 4.98 Å². The Hall–Kier alpha value is -1.36. The highest BCUT2D eigenvalue weighted by molar-refractivity contribution is 5.80. The van der Waals surface area contributed by atoms with Crippen LogP contribution in [0.5, 0.6) is 0 Å². The molecular formula is C14H23N3O2. The number of carbonyl (C=O) groups is 1. The molecule has 2 heterocycles. The number of aromatic nitrogens is 2. The van der Waals surface area contributed by atoms with E-state index in [2.05, 4.69) is 18.8 Å². The molecule has 0 unspecified atom stereocenters. The molecule has 1 aliphatic heterocycles. The number of hydrogen-bond donors (Lipinski definition) is 0. The molecule has 1 atom stereocenters. The van der Waals surface area contributed by atoms with Crippen LogP contribution in [0.1, 0.15) is 45.0 Å². The lowest BCUT2D eigenvalue weighted by Gasteiger charge is -2.25. The molecule has 5 nitrogen and oxygen atoms in total. The molecule has 1 amide bonds. The van der Waals surface area contributed by atoms with Crippen molar-refractivity contribution in [3.05, 3.63) is 18.2 Å². The Labute approximate surface area is 114 Å². The fourth-order valence-electron chi connectivity index (χ4n) is 2.45. The number of carbonyl (C=O) groups excluding carboxylic acids is 1. The van der Waals surface area contributed by atoms with E-state index in [0.717, 1.165) is 25.4 Å². The van der Waals surface area contributed by atoms with Crippen molar-refractivity contribution in [2.75, 3.05) is 26.3 Å². The van der Waals surface area contributed by atoms with Crippen molar-refractivity contribution in [1.29, 1.82) is 0 Å². The zero-order valence-electron chi connectivity index (χ0n) is 12.0. The van der Waals surface area contributed by atoms with E-state index in [1.54, 1.807) is 6.20 Å². The van der Waals surface area contributed by atoms with Gasteiger partial charge in [-0.2, -0.15) is 0 Å². The molecule has 1 aliphatic rings. The molecule has 0 saturated carbocycles. The maximum absolute atomic E-state index is 12.5. The Balaban J connectivity index is 2.11. The highest BCUT2D eigenvalue weighted by Gasteiger charge is 2.24. The molecule has 5 heteroatoms. The van der Waals surface area contributed by atoms with Crippen molar-refractivity contribution >= 4 is 5.91 Å². The molecule has 0 aliphatic carbocycles. The molecule has 0 radical (unpaired) electrons. The van der Waals surface area contributed by atoms with Gasteiger partial charge in [-0.15, -0.1) is 0 Å². The minimum absolute atomic E-state index is 0.158. The van der Waals surface area contributed by atoms with Crippen LogP contribution in [-0.4, -0.2) is 46.7 Å². The molecule has 2 rings (SSSR count). The molecule has 106 valence electrons. The second-order valence-corrected chi connectivity index (χ2v) is 5.31. The quantitative estimate of drug-likeness (QED) is 0.837. The summed E-state index contributed by atoms with van der Waals surface area (Å²) >= 11 is 0. The topological polar surface area (TPSA) is 47.4 Å². The molecule has 1 aromatic heterocycles. The largest absolute Gasteiger partial charge is 0.380 e. The Morgan fingerprint density at radius 2 is 2.11 bits per heavy atom. The first kappa shape index (κ1) is 14.1. The molecular weight excluding hydrogens is 242 g/mol. The average Bonchev–Trinajstić information content (AvgIpc) is 2.73. The van der Waals surface area contributed by atoms with Crippen LogP contribution in [0.2, 0.25) is 0 Å². The van der Waals surface area contributed by atoms with Crippen LogP contribution in [0.4, 0.5) is 0 Å². The van der Waals surface area contributed by atoms with Gasteiger partial charge in [0, 0.05) is 38.0 Å². The van der Waals surface area contributed by atoms with E-state index in [9.17, 15) is 4.79 Å². The monoisotopic (exact) mass is 265 g/mol. The zero-order chi connectivity index (χ0) is 13.8. The highest BCUT2D eigenvalue weighted by atomic mass is 16.5. The van der Waals surface area contributed by atoms with Crippen LogP contribution >= 0.6 is 0 Å². The standard InChI is InChI=1S/C14H23N3O2/c1-11(2)13-15-5-7-17(13)12(3)14(18)16-6-4-9-19-10-8-16/h5,7,11-12H,4,6,8-10H2,1-3H3/t12-/m1/s1. The van der Waals surface area contributed by atoms with E-state index in [0.29, 0.717) is 19.1 Å². The first-order valence-electron chi connectivity index (χ1n) is 7.00. The number of imidazole rings is 1. The summed E-state index contributed by atoms with van der Waals surface area (Å²) < 4.78 is 7.38. The molecule has 0 aromatic carbocycles. The van der Waals surface area contributed by atoms with Gasteiger partial charge in [0.15, 0.2) is 0 Å². The van der Waals surface area contributed by atoms with Gasteiger partial charge in [0.2, 0.25) is 5.91 Å². The summed E-state index contributed by atoms with van der Waals surface area (Å²) in [5.74, 6) is 1.44. The maximum atomic E-state index is 12.5. The van der Waals surface area contributed by atoms with Gasteiger partial charge >= 0.3 is 0 Å². The smallest absolute Gasteiger partial charge is 0.245 e. The van der Waals surface area contributed by atoms with Crippen molar-refractivity contribution in [1.82, 2.24) is 14.5 Å². The first-order valence-corrected chi connectivity index (χ1v) is 7.00. The van der Waals surface area contributed by atoms with Crippen molar-refractivity contribution in [3.8, 4) is 0 Å². The lowest BCUT2D eigenvalue weighted by atomic mass is 10.2. The lowest BCUT2D eigenvalue weighted by molar-refractivity contribution is -0.134. The van der Waals surface area contributed by atoms with Gasteiger partial charge in [0.25, 0.3) is 0 Å². The van der Waals surface area contributed by atoms with E-state index < -0.39 is 0 Å². The minimum atomic E-state index is -0.196. The maximum Gasteiger partial charge on any atom is 0.245 e. The molecule has 19 heavy (non-hydrogen) atoms. The van der Waals surface area contributed by atoms with Crippen LogP contribution < -0.4 is 0 Å². The van der Waals surface area contributed by atoms with Gasteiger partial charge in [0.05, 0.1) is 6.61 Å². The second kappa shape index (κ2) is 6.19. The first-order chi connectivity index (χ1) is 9.11. The summed E-state index contributed by atoms with van der Waals surface area (Å²) in [6.07, 6.45) is 4.58. The summed E-state index contributed by atoms with van der Waals surface area (Å²) in [5, 5.41) is 0. The van der Waals surface area contributed by atoms with Crippen LogP contribution in [0, 0.1) is 0 Å². The summed E-state index contributed by atoms with van der Waals surface area (Å²) in [5.41, 5.74) is 0. The normalized spacial score (nSPS) is 18.4. The van der Waals surface area contributed by atoms with Crippen LogP contribution in [0.3, 0.4) is 0 Å². The molecule has 0 spiro atoms. The number of rotatable bonds is 3. The third-order valence-corrected chi connectivity index (χ3v) is 3.52. The Morgan fingerprint density at radius 1 is 1.32 bits per heavy atom. The van der Waals surface area contributed by atoms with Crippen LogP contribution in [-0.2, 0) is 9.53 Å². The average molecular weight is 265 g/mol. The molecule has 1 aromatic rings. The van der Waals surface area contributed by atoms with Gasteiger partial charge in [-0.1, -0.05) is 13.8 Å². The van der Waals surface area contributed by atoms with Crippen molar-refractivity contribution in [2.45, 2.75) is 39.2 Å². The van der Waals surface area contributed by atoms with E-state index in [1.165, 1.54) is 0 Å².